The van der Waals surface area contributed by atoms with Gasteiger partial charge in [0.05, 0.1) is 23.7 Å². The van der Waals surface area contributed by atoms with Gasteiger partial charge in [0.2, 0.25) is 15.8 Å². The molecule has 10 heteroatoms. The van der Waals surface area contributed by atoms with Crippen LogP contribution in [0.5, 0.6) is 0 Å². The van der Waals surface area contributed by atoms with Crippen LogP contribution in [0.3, 0.4) is 0 Å². The molecule has 4 aromatic heterocycles. The molecule has 5 heterocycles. The Morgan fingerprint density at radius 3 is 2.32 bits per heavy atom. The van der Waals surface area contributed by atoms with E-state index in [2.05, 4.69) is 49.7 Å². The van der Waals surface area contributed by atoms with Crippen molar-refractivity contribution in [2.75, 3.05) is 37.3 Å². The van der Waals surface area contributed by atoms with Crippen molar-refractivity contribution in [3.63, 3.8) is 0 Å². The molecule has 38 heavy (non-hydrogen) atoms. The van der Waals surface area contributed by atoms with Crippen LogP contribution >= 0.6 is 0 Å². The summed E-state index contributed by atoms with van der Waals surface area (Å²) in [7, 11) is -3.16. The minimum Gasteiger partial charge on any atom is -0.354 e. The summed E-state index contributed by atoms with van der Waals surface area (Å²) in [5.74, 6) is 1.52. The highest BCUT2D eigenvalue weighted by Crippen LogP contribution is 2.54. The maximum atomic E-state index is 11.8. The number of pyridine rings is 2. The Morgan fingerprint density at radius 2 is 1.58 bits per heavy atom. The van der Waals surface area contributed by atoms with Gasteiger partial charge >= 0.3 is 0 Å². The fourth-order valence-corrected chi connectivity index (χ4v) is 6.47. The zero-order valence-electron chi connectivity index (χ0n) is 21.0. The second kappa shape index (κ2) is 8.57. The minimum absolute atomic E-state index is 0.121. The van der Waals surface area contributed by atoms with Gasteiger partial charge in [-0.25, -0.2) is 23.4 Å². The van der Waals surface area contributed by atoms with Crippen LogP contribution in [0.4, 0.5) is 5.82 Å². The van der Waals surface area contributed by atoms with E-state index in [4.69, 9.17) is 9.97 Å². The van der Waals surface area contributed by atoms with Crippen LogP contribution in [0.15, 0.2) is 73.4 Å². The molecule has 1 aliphatic carbocycles. The number of hydrogen-bond acceptors (Lipinski definition) is 7. The van der Waals surface area contributed by atoms with Crippen LogP contribution in [0.25, 0.3) is 27.8 Å². The van der Waals surface area contributed by atoms with Gasteiger partial charge in [0.1, 0.15) is 5.82 Å². The van der Waals surface area contributed by atoms with Crippen LogP contribution in [0, 0.1) is 0 Å². The molecule has 2 fully saturated rings. The molecule has 9 nitrogen and oxygen atoms in total. The van der Waals surface area contributed by atoms with Crippen LogP contribution < -0.4 is 4.90 Å². The molecule has 2 aliphatic rings. The molecule has 1 aromatic carbocycles. The fraction of sp³-hybridized carbons (Fsp3) is 0.286. The highest BCUT2D eigenvalue weighted by atomic mass is 32.2. The first kappa shape index (κ1) is 23.2. The average Bonchev–Trinajstić information content (AvgIpc) is 3.64. The number of sulfonamides is 1. The Kier molecular flexibility index (Phi) is 5.24. The largest absolute Gasteiger partial charge is 0.354 e. The Balaban J connectivity index is 1.19. The highest BCUT2D eigenvalue weighted by Gasteiger charge is 2.49. The number of piperazine rings is 1. The quantitative estimate of drug-likeness (QED) is 0.347. The second-order valence-corrected chi connectivity index (χ2v) is 12.2. The van der Waals surface area contributed by atoms with Gasteiger partial charge in [0.15, 0.2) is 0 Å². The van der Waals surface area contributed by atoms with Crippen LogP contribution in [-0.4, -0.2) is 69.5 Å². The fourth-order valence-electron chi connectivity index (χ4n) is 5.65. The zero-order valence-corrected chi connectivity index (χ0v) is 21.8. The summed E-state index contributed by atoms with van der Waals surface area (Å²) < 4.78 is 27.2. The van der Waals surface area contributed by atoms with Crippen molar-refractivity contribution in [2.45, 2.75) is 18.3 Å². The number of para-hydroxylation sites is 1. The molecule has 0 atom stereocenters. The number of rotatable bonds is 5. The predicted octanol–water partition coefficient (Wildman–Crippen LogP) is 3.50. The van der Waals surface area contributed by atoms with Gasteiger partial charge in [-0.3, -0.25) is 9.38 Å². The van der Waals surface area contributed by atoms with E-state index in [9.17, 15) is 8.42 Å². The van der Waals surface area contributed by atoms with E-state index in [1.165, 1.54) is 16.1 Å². The van der Waals surface area contributed by atoms with Crippen LogP contribution in [0.2, 0.25) is 0 Å². The average molecular weight is 526 g/mol. The number of fused-ring (bicyclic) bond motifs is 2. The lowest BCUT2D eigenvalue weighted by Crippen LogP contribution is -2.48. The number of nitrogens with zero attached hydrogens (tertiary/aromatic N) is 7. The normalized spacial score (nSPS) is 17.8. The van der Waals surface area contributed by atoms with E-state index in [-0.39, 0.29) is 5.41 Å². The lowest BCUT2D eigenvalue weighted by molar-refractivity contribution is 0.387. The number of anilines is 1. The standard InChI is InChI=1S/C28H27N7O2S/c1-38(36,37)34-14-12-33(13-15-34)25-8-7-21(16-30-25)22-17-31-27-32-18-24(35(27)19-22)28(9-10-28)23-6-2-4-20-5-3-11-29-26(20)23/h2-8,11,16-19H,9-10,12-15H2,1H3. The summed E-state index contributed by atoms with van der Waals surface area (Å²) in [6.07, 6.45) is 13.0. The smallest absolute Gasteiger partial charge is 0.233 e. The van der Waals surface area contributed by atoms with E-state index in [1.807, 2.05) is 43.0 Å². The third kappa shape index (κ3) is 3.83. The first-order valence-electron chi connectivity index (χ1n) is 12.8. The third-order valence-corrected chi connectivity index (χ3v) is 9.17. The SMILES string of the molecule is CS(=O)(=O)N1CCN(c2ccc(-c3cnc4ncc(C5(c6cccc7cccnc67)CC5)n4c3)cn2)CC1. The van der Waals surface area contributed by atoms with Gasteiger partial charge in [0.25, 0.3) is 0 Å². The first-order valence-corrected chi connectivity index (χ1v) is 14.6. The molecular weight excluding hydrogens is 498 g/mol. The minimum atomic E-state index is -3.16. The van der Waals surface area contributed by atoms with Crippen molar-refractivity contribution >= 4 is 32.5 Å². The Labute approximate surface area is 220 Å². The van der Waals surface area contributed by atoms with E-state index in [1.54, 1.807) is 0 Å². The number of imidazole rings is 1. The van der Waals surface area contributed by atoms with Crippen molar-refractivity contribution in [1.82, 2.24) is 28.6 Å². The van der Waals surface area contributed by atoms with Crippen molar-refractivity contribution in [3.8, 4) is 11.1 Å². The van der Waals surface area contributed by atoms with Gasteiger partial charge in [-0.2, -0.15) is 4.31 Å². The highest BCUT2D eigenvalue weighted by molar-refractivity contribution is 7.88. The van der Waals surface area contributed by atoms with E-state index < -0.39 is 10.0 Å². The van der Waals surface area contributed by atoms with E-state index >= 15 is 0 Å². The van der Waals surface area contributed by atoms with E-state index in [0.29, 0.717) is 32.0 Å². The summed E-state index contributed by atoms with van der Waals surface area (Å²) in [5.41, 5.74) is 5.23. The lowest BCUT2D eigenvalue weighted by atomic mass is 9.90. The Hall–Kier alpha value is -3.89. The number of hydrogen-bond donors (Lipinski definition) is 0. The van der Waals surface area contributed by atoms with Gasteiger partial charge < -0.3 is 4.90 Å². The third-order valence-electron chi connectivity index (χ3n) is 7.87. The number of aromatic nitrogens is 5. The summed E-state index contributed by atoms with van der Waals surface area (Å²) in [5, 5.41) is 1.15. The van der Waals surface area contributed by atoms with Crippen molar-refractivity contribution in [1.29, 1.82) is 0 Å². The van der Waals surface area contributed by atoms with Gasteiger partial charge in [0, 0.05) is 72.9 Å². The molecule has 0 radical (unpaired) electrons. The Morgan fingerprint density at radius 1 is 0.816 bits per heavy atom. The second-order valence-electron chi connectivity index (χ2n) is 10.2. The van der Waals surface area contributed by atoms with Crippen LogP contribution in [0.1, 0.15) is 24.1 Å². The molecule has 0 amide bonds. The van der Waals surface area contributed by atoms with Gasteiger partial charge in [-0.05, 0) is 36.6 Å². The first-order chi connectivity index (χ1) is 18.4. The topological polar surface area (TPSA) is 96.6 Å². The van der Waals surface area contributed by atoms with Crippen molar-refractivity contribution in [2.24, 2.45) is 0 Å². The molecule has 5 aromatic rings. The van der Waals surface area contributed by atoms with Gasteiger partial charge in [-0.1, -0.05) is 24.3 Å². The maximum Gasteiger partial charge on any atom is 0.233 e. The van der Waals surface area contributed by atoms with Crippen molar-refractivity contribution in [3.05, 3.63) is 84.7 Å². The molecule has 1 saturated heterocycles. The van der Waals surface area contributed by atoms with Gasteiger partial charge in [-0.15, -0.1) is 0 Å². The molecule has 7 rings (SSSR count). The molecule has 0 unspecified atom stereocenters. The Bertz CT molecular complexity index is 1770. The molecule has 0 spiro atoms. The monoisotopic (exact) mass is 525 g/mol. The van der Waals surface area contributed by atoms with Crippen LogP contribution in [-0.2, 0) is 15.4 Å². The molecule has 0 N–H and O–H groups in total. The molecule has 1 saturated carbocycles. The van der Waals surface area contributed by atoms with Crippen molar-refractivity contribution < 1.29 is 8.42 Å². The summed E-state index contributed by atoms with van der Waals surface area (Å²) >= 11 is 0. The summed E-state index contributed by atoms with van der Waals surface area (Å²) in [6.45, 7) is 2.19. The lowest BCUT2D eigenvalue weighted by Gasteiger charge is -2.34. The molecular formula is C28H27N7O2S. The summed E-state index contributed by atoms with van der Waals surface area (Å²) in [4.78, 5) is 20.8. The maximum absolute atomic E-state index is 11.8. The van der Waals surface area contributed by atoms with E-state index in [0.717, 1.165) is 46.4 Å². The molecule has 192 valence electrons. The summed E-state index contributed by atoms with van der Waals surface area (Å²) in [6, 6.07) is 14.5. The predicted molar refractivity (Wildman–Crippen MR) is 147 cm³/mol. The molecule has 0 bridgehead atoms. The number of benzene rings is 1. The zero-order chi connectivity index (χ0) is 25.9. The molecule has 1 aliphatic heterocycles.